The highest BCUT2D eigenvalue weighted by atomic mass is 19.2. The first-order valence-corrected chi connectivity index (χ1v) is 9.33. The predicted octanol–water partition coefficient (Wildman–Crippen LogP) is 3.70. The average Bonchev–Trinajstić information content (AvgIpc) is 3.45. The Morgan fingerprint density at radius 3 is 2.38 bits per heavy atom. The second-order valence-corrected chi connectivity index (χ2v) is 7.41. The Hall–Kier alpha value is -2.08. The maximum absolute atomic E-state index is 13.4. The van der Waals surface area contributed by atoms with Crippen LogP contribution in [0.1, 0.15) is 36.9 Å². The van der Waals surface area contributed by atoms with Gasteiger partial charge in [-0.2, -0.15) is 0 Å². The Morgan fingerprint density at radius 2 is 1.73 bits per heavy atom. The molecule has 1 aliphatic carbocycles. The SMILES string of the molecule is Cc1cc(N(C2CC2)C2CCN(Cc3ccc(F)c(F)c3)CC2)ncn1. The van der Waals surface area contributed by atoms with E-state index >= 15 is 0 Å². The Balaban J connectivity index is 1.39. The Kier molecular flexibility index (Phi) is 4.85. The fourth-order valence-corrected chi connectivity index (χ4v) is 3.86. The summed E-state index contributed by atoms with van der Waals surface area (Å²) < 4.78 is 26.5. The van der Waals surface area contributed by atoms with Gasteiger partial charge in [0.15, 0.2) is 11.6 Å². The molecule has 0 unspecified atom stereocenters. The molecule has 0 amide bonds. The van der Waals surface area contributed by atoms with Gasteiger partial charge in [-0.05, 0) is 50.3 Å². The molecule has 0 N–H and O–H groups in total. The third-order valence-electron chi connectivity index (χ3n) is 5.33. The fourth-order valence-electron chi connectivity index (χ4n) is 3.86. The summed E-state index contributed by atoms with van der Waals surface area (Å²) in [5.41, 5.74) is 1.82. The molecule has 1 aliphatic heterocycles. The van der Waals surface area contributed by atoms with Crippen molar-refractivity contribution in [3.63, 3.8) is 0 Å². The Labute approximate surface area is 152 Å². The second kappa shape index (κ2) is 7.27. The number of nitrogens with zero attached hydrogens (tertiary/aromatic N) is 4. The van der Waals surface area contributed by atoms with Crippen LogP contribution in [-0.4, -0.2) is 40.0 Å². The third-order valence-corrected chi connectivity index (χ3v) is 5.33. The molecular formula is C20H24F2N4. The van der Waals surface area contributed by atoms with E-state index in [9.17, 15) is 8.78 Å². The highest BCUT2D eigenvalue weighted by molar-refractivity contribution is 5.43. The van der Waals surface area contributed by atoms with Crippen molar-refractivity contribution >= 4 is 5.82 Å². The molecular weight excluding hydrogens is 334 g/mol. The molecule has 1 aromatic carbocycles. The molecule has 1 aromatic heterocycles. The topological polar surface area (TPSA) is 32.3 Å². The minimum Gasteiger partial charge on any atom is -0.350 e. The van der Waals surface area contributed by atoms with Crippen molar-refractivity contribution in [3.05, 3.63) is 53.5 Å². The summed E-state index contributed by atoms with van der Waals surface area (Å²) in [6.45, 7) is 4.58. The Bertz CT molecular complexity index is 770. The molecule has 138 valence electrons. The lowest BCUT2D eigenvalue weighted by molar-refractivity contribution is 0.200. The maximum atomic E-state index is 13.4. The van der Waals surface area contributed by atoms with Crippen LogP contribution in [0.15, 0.2) is 30.6 Å². The lowest BCUT2D eigenvalue weighted by Gasteiger charge is -2.39. The van der Waals surface area contributed by atoms with Crippen molar-refractivity contribution in [1.29, 1.82) is 0 Å². The monoisotopic (exact) mass is 358 g/mol. The molecule has 2 heterocycles. The molecule has 6 heteroatoms. The van der Waals surface area contributed by atoms with Gasteiger partial charge in [0.1, 0.15) is 12.1 Å². The van der Waals surface area contributed by atoms with Gasteiger partial charge in [-0.25, -0.2) is 18.7 Å². The summed E-state index contributed by atoms with van der Waals surface area (Å²) in [6, 6.07) is 7.35. The summed E-state index contributed by atoms with van der Waals surface area (Å²) >= 11 is 0. The molecule has 26 heavy (non-hydrogen) atoms. The molecule has 2 aromatic rings. The van der Waals surface area contributed by atoms with E-state index in [1.807, 2.05) is 6.92 Å². The quantitative estimate of drug-likeness (QED) is 0.816. The van der Waals surface area contributed by atoms with Crippen LogP contribution in [0.25, 0.3) is 0 Å². The largest absolute Gasteiger partial charge is 0.350 e. The molecule has 2 fully saturated rings. The standard InChI is InChI=1S/C20H24F2N4/c1-14-10-20(24-13-23-14)26(16-3-4-16)17-6-8-25(9-7-17)12-15-2-5-18(21)19(22)11-15/h2,5,10-11,13,16-17H,3-4,6-9,12H2,1H3. The highest BCUT2D eigenvalue weighted by Gasteiger charge is 2.36. The van der Waals surface area contributed by atoms with E-state index in [1.165, 1.54) is 25.0 Å². The van der Waals surface area contributed by atoms with E-state index in [1.54, 1.807) is 12.4 Å². The molecule has 1 saturated carbocycles. The van der Waals surface area contributed by atoms with Crippen molar-refractivity contribution in [2.45, 2.75) is 51.2 Å². The Morgan fingerprint density at radius 1 is 1.00 bits per heavy atom. The first-order chi connectivity index (χ1) is 12.6. The number of benzene rings is 1. The van der Waals surface area contributed by atoms with Gasteiger partial charge in [-0.15, -0.1) is 0 Å². The lowest BCUT2D eigenvalue weighted by Crippen LogP contribution is -2.46. The van der Waals surface area contributed by atoms with Crippen molar-refractivity contribution in [2.24, 2.45) is 0 Å². The van der Waals surface area contributed by atoms with Crippen LogP contribution < -0.4 is 4.90 Å². The van der Waals surface area contributed by atoms with Gasteiger partial charge in [0.05, 0.1) is 0 Å². The first-order valence-electron chi connectivity index (χ1n) is 9.33. The number of rotatable bonds is 5. The zero-order valence-electron chi connectivity index (χ0n) is 15.0. The van der Waals surface area contributed by atoms with Gasteiger partial charge < -0.3 is 4.90 Å². The van der Waals surface area contributed by atoms with Gasteiger partial charge in [0.2, 0.25) is 0 Å². The van der Waals surface area contributed by atoms with Gasteiger partial charge in [-0.1, -0.05) is 6.07 Å². The van der Waals surface area contributed by atoms with E-state index in [0.29, 0.717) is 18.6 Å². The summed E-state index contributed by atoms with van der Waals surface area (Å²) in [7, 11) is 0. The second-order valence-electron chi connectivity index (χ2n) is 7.41. The van der Waals surface area contributed by atoms with Crippen LogP contribution in [-0.2, 0) is 6.54 Å². The summed E-state index contributed by atoms with van der Waals surface area (Å²) in [5.74, 6) is -0.511. The van der Waals surface area contributed by atoms with E-state index < -0.39 is 11.6 Å². The van der Waals surface area contributed by atoms with Gasteiger partial charge >= 0.3 is 0 Å². The fraction of sp³-hybridized carbons (Fsp3) is 0.500. The van der Waals surface area contributed by atoms with Gasteiger partial charge in [0, 0.05) is 43.5 Å². The minimum absolute atomic E-state index is 0.484. The lowest BCUT2D eigenvalue weighted by atomic mass is 10.0. The van der Waals surface area contributed by atoms with Crippen LogP contribution in [0.4, 0.5) is 14.6 Å². The van der Waals surface area contributed by atoms with E-state index in [0.717, 1.165) is 43.0 Å². The molecule has 1 saturated heterocycles. The van der Waals surface area contributed by atoms with Crippen LogP contribution in [0, 0.1) is 18.6 Å². The minimum atomic E-state index is -0.785. The average molecular weight is 358 g/mol. The number of halogens is 2. The molecule has 0 radical (unpaired) electrons. The zero-order valence-corrected chi connectivity index (χ0v) is 15.0. The van der Waals surface area contributed by atoms with E-state index in [2.05, 4.69) is 25.8 Å². The van der Waals surface area contributed by atoms with Crippen molar-refractivity contribution in [1.82, 2.24) is 14.9 Å². The number of aromatic nitrogens is 2. The smallest absolute Gasteiger partial charge is 0.159 e. The number of hydrogen-bond acceptors (Lipinski definition) is 4. The van der Waals surface area contributed by atoms with Gasteiger partial charge in [-0.3, -0.25) is 4.90 Å². The number of likely N-dealkylation sites (tertiary alicyclic amines) is 1. The normalized spacial score (nSPS) is 18.9. The number of anilines is 1. The number of hydrogen-bond donors (Lipinski definition) is 0. The zero-order chi connectivity index (χ0) is 18.1. The molecule has 0 atom stereocenters. The van der Waals surface area contributed by atoms with Crippen LogP contribution >= 0.6 is 0 Å². The summed E-state index contributed by atoms with van der Waals surface area (Å²) in [6.07, 6.45) is 6.24. The van der Waals surface area contributed by atoms with E-state index in [-0.39, 0.29) is 0 Å². The highest BCUT2D eigenvalue weighted by Crippen LogP contribution is 2.35. The third kappa shape index (κ3) is 3.85. The molecule has 4 rings (SSSR count). The van der Waals surface area contributed by atoms with Gasteiger partial charge in [0.25, 0.3) is 0 Å². The summed E-state index contributed by atoms with van der Waals surface area (Å²) in [5, 5.41) is 0. The molecule has 2 aliphatic rings. The predicted molar refractivity (Wildman–Crippen MR) is 96.9 cm³/mol. The number of aryl methyl sites for hydroxylation is 1. The van der Waals surface area contributed by atoms with Crippen molar-refractivity contribution in [3.8, 4) is 0 Å². The van der Waals surface area contributed by atoms with Crippen LogP contribution in [0.2, 0.25) is 0 Å². The van der Waals surface area contributed by atoms with Crippen molar-refractivity contribution < 1.29 is 8.78 Å². The van der Waals surface area contributed by atoms with Crippen LogP contribution in [0.5, 0.6) is 0 Å². The first kappa shape index (κ1) is 17.3. The van der Waals surface area contributed by atoms with E-state index in [4.69, 9.17) is 0 Å². The molecule has 0 spiro atoms. The molecule has 0 bridgehead atoms. The summed E-state index contributed by atoms with van der Waals surface area (Å²) in [4.78, 5) is 13.5. The number of piperidine rings is 1. The van der Waals surface area contributed by atoms with Crippen LogP contribution in [0.3, 0.4) is 0 Å². The maximum Gasteiger partial charge on any atom is 0.159 e. The van der Waals surface area contributed by atoms with Crippen molar-refractivity contribution in [2.75, 3.05) is 18.0 Å². The molecule has 4 nitrogen and oxygen atoms in total.